The molecule has 0 fully saturated rings. The van der Waals surface area contributed by atoms with Crippen molar-refractivity contribution in [2.24, 2.45) is 0 Å². The molecule has 0 spiro atoms. The molecule has 0 aliphatic rings. The Kier molecular flexibility index (Phi) is 5.11. The minimum Gasteiger partial charge on any atom is -0.319 e. The van der Waals surface area contributed by atoms with E-state index in [4.69, 9.17) is 0 Å². The fourth-order valence-corrected chi connectivity index (χ4v) is 3.83. The van der Waals surface area contributed by atoms with Crippen LogP contribution in [-0.2, 0) is 10.0 Å². The highest BCUT2D eigenvalue weighted by Crippen LogP contribution is 2.25. The number of rotatable bonds is 5. The molecular weight excluding hydrogens is 407 g/mol. The number of nitrogens with zero attached hydrogens (tertiary/aromatic N) is 2. The first kappa shape index (κ1) is 19.5. The summed E-state index contributed by atoms with van der Waals surface area (Å²) in [6.07, 6.45) is 1.35. The van der Waals surface area contributed by atoms with Crippen LogP contribution in [0, 0.1) is 5.82 Å². The molecule has 4 rings (SSSR count). The van der Waals surface area contributed by atoms with Crippen LogP contribution in [0.1, 0.15) is 10.5 Å². The molecule has 1 aromatic heterocycles. The fourth-order valence-electron chi connectivity index (χ4n) is 2.75. The van der Waals surface area contributed by atoms with E-state index in [0.29, 0.717) is 11.0 Å². The topological polar surface area (TPSA) is 101 Å². The molecule has 150 valence electrons. The van der Waals surface area contributed by atoms with Crippen LogP contribution in [0.5, 0.6) is 0 Å². The molecule has 9 heteroatoms. The molecule has 0 aliphatic heterocycles. The minimum absolute atomic E-state index is 0.0879. The first-order chi connectivity index (χ1) is 14.4. The highest BCUT2D eigenvalue weighted by molar-refractivity contribution is 7.92. The zero-order valence-corrected chi connectivity index (χ0v) is 16.2. The van der Waals surface area contributed by atoms with Gasteiger partial charge < -0.3 is 5.32 Å². The first-order valence-electron chi connectivity index (χ1n) is 8.83. The van der Waals surface area contributed by atoms with E-state index in [-0.39, 0.29) is 22.0 Å². The molecule has 1 heterocycles. The quantitative estimate of drug-likeness (QED) is 0.509. The van der Waals surface area contributed by atoms with Gasteiger partial charge in [0.25, 0.3) is 15.9 Å². The molecule has 0 unspecified atom stereocenters. The Balaban J connectivity index is 1.59. The summed E-state index contributed by atoms with van der Waals surface area (Å²) < 4.78 is 40.7. The van der Waals surface area contributed by atoms with Crippen molar-refractivity contribution in [2.75, 3.05) is 10.0 Å². The van der Waals surface area contributed by atoms with Crippen LogP contribution in [0.15, 0.2) is 83.9 Å². The van der Waals surface area contributed by atoms with Crippen molar-refractivity contribution in [3.63, 3.8) is 0 Å². The number of sulfonamides is 1. The first-order valence-corrected chi connectivity index (χ1v) is 10.3. The average Bonchev–Trinajstić information content (AvgIpc) is 2.75. The van der Waals surface area contributed by atoms with Gasteiger partial charge in [0.2, 0.25) is 0 Å². The predicted molar refractivity (Wildman–Crippen MR) is 111 cm³/mol. The number of hydrogen-bond acceptors (Lipinski definition) is 5. The highest BCUT2D eigenvalue weighted by Gasteiger charge is 2.18. The Morgan fingerprint density at radius 1 is 0.833 bits per heavy atom. The highest BCUT2D eigenvalue weighted by atomic mass is 32.2. The third kappa shape index (κ3) is 4.11. The van der Waals surface area contributed by atoms with E-state index in [1.807, 2.05) is 6.07 Å². The minimum atomic E-state index is -3.98. The molecule has 0 atom stereocenters. The summed E-state index contributed by atoms with van der Waals surface area (Å²) in [5, 5.41) is 2.65. The molecule has 1 amide bonds. The second-order valence-corrected chi connectivity index (χ2v) is 7.99. The fraction of sp³-hybridized carbons (Fsp3) is 0. The second kappa shape index (κ2) is 7.88. The van der Waals surface area contributed by atoms with Crippen LogP contribution in [0.25, 0.3) is 11.0 Å². The lowest BCUT2D eigenvalue weighted by atomic mass is 10.2. The maximum absolute atomic E-state index is 13.1. The summed E-state index contributed by atoms with van der Waals surface area (Å²) in [5.74, 6) is -1.08. The van der Waals surface area contributed by atoms with Crippen LogP contribution < -0.4 is 10.0 Å². The van der Waals surface area contributed by atoms with Crippen molar-refractivity contribution >= 4 is 38.3 Å². The lowest BCUT2D eigenvalue weighted by Crippen LogP contribution is -2.18. The maximum Gasteiger partial charge on any atom is 0.275 e. The number of benzene rings is 3. The van der Waals surface area contributed by atoms with E-state index in [1.54, 1.807) is 36.4 Å². The normalized spacial score (nSPS) is 11.2. The van der Waals surface area contributed by atoms with Crippen LogP contribution in [0.4, 0.5) is 15.8 Å². The van der Waals surface area contributed by atoms with Gasteiger partial charge in [0.15, 0.2) is 0 Å². The molecule has 0 saturated heterocycles. The van der Waals surface area contributed by atoms with Crippen LogP contribution >= 0.6 is 0 Å². The standard InChI is InChI=1S/C21H15FN4O3S/c22-14-9-11-15(12-10-14)30(28,29)26-19-8-4-3-7-18(19)25-21(27)20-13-23-16-5-1-2-6-17(16)24-20/h1-13,26H,(H,25,27). The Labute approximate surface area is 171 Å². The third-order valence-corrected chi connectivity index (χ3v) is 5.61. The van der Waals surface area contributed by atoms with Gasteiger partial charge in [-0.2, -0.15) is 0 Å². The number of para-hydroxylation sites is 4. The summed E-state index contributed by atoms with van der Waals surface area (Å²) >= 11 is 0. The SMILES string of the molecule is O=C(Nc1ccccc1NS(=O)(=O)c1ccc(F)cc1)c1cnc2ccccc2n1. The molecular formula is C21H15FN4O3S. The number of fused-ring (bicyclic) bond motifs is 1. The number of nitrogens with one attached hydrogen (secondary N) is 2. The van der Waals surface area contributed by atoms with Crippen molar-refractivity contribution in [3.05, 3.63) is 90.5 Å². The molecule has 0 bridgehead atoms. The van der Waals surface area contributed by atoms with Gasteiger partial charge in [0.1, 0.15) is 11.5 Å². The molecule has 2 N–H and O–H groups in total. The van der Waals surface area contributed by atoms with Gasteiger partial charge >= 0.3 is 0 Å². The summed E-state index contributed by atoms with van der Waals surface area (Å²) in [5.41, 5.74) is 1.70. The maximum atomic E-state index is 13.1. The Morgan fingerprint density at radius 3 is 2.20 bits per heavy atom. The van der Waals surface area contributed by atoms with Crippen LogP contribution in [-0.4, -0.2) is 24.3 Å². The average molecular weight is 422 g/mol. The zero-order valence-electron chi connectivity index (χ0n) is 15.4. The number of carbonyl (C=O) groups is 1. The van der Waals surface area contributed by atoms with Gasteiger partial charge in [-0.25, -0.2) is 17.8 Å². The largest absolute Gasteiger partial charge is 0.319 e. The van der Waals surface area contributed by atoms with Crippen LogP contribution in [0.3, 0.4) is 0 Å². The van der Waals surface area contributed by atoms with Crippen molar-refractivity contribution in [2.45, 2.75) is 4.90 Å². The van der Waals surface area contributed by atoms with Gasteiger partial charge in [0, 0.05) is 0 Å². The lowest BCUT2D eigenvalue weighted by molar-refractivity contribution is 0.102. The molecule has 0 saturated carbocycles. The summed E-state index contributed by atoms with van der Waals surface area (Å²) in [6.45, 7) is 0. The molecule has 0 aliphatic carbocycles. The number of carbonyl (C=O) groups excluding carboxylic acids is 1. The van der Waals surface area contributed by atoms with E-state index < -0.39 is 21.7 Å². The molecule has 4 aromatic rings. The summed E-state index contributed by atoms with van der Waals surface area (Å²) in [7, 11) is -3.98. The van der Waals surface area contributed by atoms with Crippen molar-refractivity contribution in [3.8, 4) is 0 Å². The van der Waals surface area contributed by atoms with Crippen molar-refractivity contribution in [1.29, 1.82) is 0 Å². The Bertz CT molecular complexity index is 1340. The lowest BCUT2D eigenvalue weighted by Gasteiger charge is -2.13. The number of anilines is 2. The van der Waals surface area contributed by atoms with Crippen LogP contribution in [0.2, 0.25) is 0 Å². The number of amides is 1. The molecule has 30 heavy (non-hydrogen) atoms. The van der Waals surface area contributed by atoms with E-state index in [0.717, 1.165) is 24.3 Å². The predicted octanol–water partition coefficient (Wildman–Crippen LogP) is 3.82. The number of hydrogen-bond donors (Lipinski definition) is 2. The van der Waals surface area contributed by atoms with E-state index in [1.165, 1.54) is 12.3 Å². The Hall–Kier alpha value is -3.85. The van der Waals surface area contributed by atoms with Gasteiger partial charge in [-0.3, -0.25) is 14.5 Å². The Morgan fingerprint density at radius 2 is 1.47 bits per heavy atom. The van der Waals surface area contributed by atoms with Crippen molar-refractivity contribution in [1.82, 2.24) is 9.97 Å². The van der Waals surface area contributed by atoms with E-state index in [9.17, 15) is 17.6 Å². The third-order valence-electron chi connectivity index (χ3n) is 4.22. The van der Waals surface area contributed by atoms with Gasteiger partial charge in [-0.15, -0.1) is 0 Å². The van der Waals surface area contributed by atoms with Crippen molar-refractivity contribution < 1.29 is 17.6 Å². The van der Waals surface area contributed by atoms with Gasteiger partial charge in [0.05, 0.1) is 33.5 Å². The van der Waals surface area contributed by atoms with E-state index in [2.05, 4.69) is 20.0 Å². The second-order valence-electron chi connectivity index (χ2n) is 6.30. The summed E-state index contributed by atoms with van der Waals surface area (Å²) in [4.78, 5) is 21.0. The summed E-state index contributed by atoms with van der Waals surface area (Å²) in [6, 6.07) is 17.9. The molecule has 3 aromatic carbocycles. The molecule has 0 radical (unpaired) electrons. The molecule has 7 nitrogen and oxygen atoms in total. The zero-order chi connectivity index (χ0) is 21.1. The smallest absolute Gasteiger partial charge is 0.275 e. The number of halogens is 1. The van der Waals surface area contributed by atoms with Gasteiger partial charge in [-0.1, -0.05) is 24.3 Å². The monoisotopic (exact) mass is 422 g/mol. The van der Waals surface area contributed by atoms with E-state index >= 15 is 0 Å². The van der Waals surface area contributed by atoms with Gasteiger partial charge in [-0.05, 0) is 48.5 Å². The number of aromatic nitrogens is 2.